The highest BCUT2D eigenvalue weighted by Crippen LogP contribution is 2.38. The smallest absolute Gasteiger partial charge is 0.400 e. The molecule has 2 heterocycles. The number of nitrogens with two attached hydrogens (primary N) is 1. The number of anilines is 1. The number of nitrogen functional groups attached to an aromatic ring is 1. The number of halogens is 1. The number of carbonyl (C=O) groups is 1. The molecule has 2 rings (SSSR count). The molecular weight excluding hydrogens is 328 g/mol. The zero-order chi connectivity index (χ0) is 18.1. The Labute approximate surface area is 147 Å². The minimum Gasteiger partial charge on any atom is -0.400 e. The molecule has 3 N–H and O–H groups in total. The third kappa shape index (κ3) is 4.09. The van der Waals surface area contributed by atoms with Crippen LogP contribution in [0.1, 0.15) is 40.2 Å². The summed E-state index contributed by atoms with van der Waals surface area (Å²) in [6.07, 6.45) is 3.28. The number of nitrogens with one attached hydrogen (secondary N) is 1. The first-order valence-corrected chi connectivity index (χ1v) is 8.11. The van der Waals surface area contributed by atoms with Crippen LogP contribution in [0.15, 0.2) is 17.7 Å². The molecule has 0 aliphatic carbocycles. The molecule has 0 aromatic carbocycles. The van der Waals surface area contributed by atoms with Gasteiger partial charge in [-0.1, -0.05) is 17.7 Å². The maximum atomic E-state index is 11.3. The fraction of sp³-hybridized carbons (Fsp3) is 0.500. The Hall–Kier alpha value is -1.57. The zero-order valence-electron chi connectivity index (χ0n) is 14.6. The lowest BCUT2D eigenvalue weighted by molar-refractivity contribution is -0.118. The van der Waals surface area contributed by atoms with Crippen molar-refractivity contribution in [3.63, 3.8) is 0 Å². The Morgan fingerprint density at radius 1 is 1.38 bits per heavy atom. The van der Waals surface area contributed by atoms with Crippen molar-refractivity contribution in [2.75, 3.05) is 12.3 Å². The van der Waals surface area contributed by atoms with E-state index in [0.717, 1.165) is 5.47 Å². The second kappa shape index (κ2) is 6.74. The lowest BCUT2D eigenvalue weighted by Gasteiger charge is -2.32. The summed E-state index contributed by atoms with van der Waals surface area (Å²) in [5.74, 6) is 0.200. The maximum Gasteiger partial charge on any atom is 0.492 e. The van der Waals surface area contributed by atoms with E-state index in [2.05, 4.69) is 10.3 Å². The molecule has 1 aromatic rings. The van der Waals surface area contributed by atoms with Crippen LogP contribution in [-0.2, 0) is 14.1 Å². The van der Waals surface area contributed by atoms with E-state index in [9.17, 15) is 4.79 Å². The van der Waals surface area contributed by atoms with Gasteiger partial charge in [-0.3, -0.25) is 4.79 Å². The van der Waals surface area contributed by atoms with Crippen LogP contribution in [0.5, 0.6) is 0 Å². The van der Waals surface area contributed by atoms with Gasteiger partial charge >= 0.3 is 7.12 Å². The van der Waals surface area contributed by atoms with Crippen LogP contribution >= 0.6 is 11.6 Å². The highest BCUT2D eigenvalue weighted by molar-refractivity contribution is 6.56. The van der Waals surface area contributed by atoms with Crippen molar-refractivity contribution < 1.29 is 14.1 Å². The average Bonchev–Trinajstić information content (AvgIpc) is 2.66. The lowest BCUT2D eigenvalue weighted by atomic mass is 9.77. The van der Waals surface area contributed by atoms with Gasteiger partial charge in [-0.2, -0.15) is 0 Å². The molecule has 6 nitrogen and oxygen atoms in total. The molecule has 0 unspecified atom stereocenters. The van der Waals surface area contributed by atoms with Gasteiger partial charge in [0, 0.05) is 25.2 Å². The van der Waals surface area contributed by atoms with Crippen LogP contribution in [0.2, 0.25) is 5.02 Å². The normalized spacial score (nSPS) is 19.4. The Balaban J connectivity index is 2.37. The molecule has 0 spiro atoms. The molecule has 0 bridgehead atoms. The van der Waals surface area contributed by atoms with Crippen molar-refractivity contribution in [2.24, 2.45) is 0 Å². The van der Waals surface area contributed by atoms with Crippen molar-refractivity contribution in [1.82, 2.24) is 10.3 Å². The summed E-state index contributed by atoms with van der Waals surface area (Å²) in [4.78, 5) is 15.4. The number of hydrogen-bond donors (Lipinski definition) is 2. The van der Waals surface area contributed by atoms with E-state index in [-0.39, 0.29) is 12.5 Å². The van der Waals surface area contributed by atoms with Gasteiger partial charge < -0.3 is 20.4 Å². The van der Waals surface area contributed by atoms with Crippen LogP contribution in [0.3, 0.4) is 0 Å². The van der Waals surface area contributed by atoms with E-state index >= 15 is 0 Å². The molecule has 130 valence electrons. The number of carbonyl (C=O) groups excluding carboxylic acids is 1. The predicted octanol–water partition coefficient (Wildman–Crippen LogP) is 2.47. The fourth-order valence-corrected chi connectivity index (χ4v) is 2.37. The van der Waals surface area contributed by atoms with Gasteiger partial charge in [0.05, 0.1) is 16.2 Å². The molecule has 1 fully saturated rings. The maximum absolute atomic E-state index is 11.3. The number of nitrogens with zero attached hydrogens (tertiary/aromatic N) is 1. The van der Waals surface area contributed by atoms with Gasteiger partial charge in [0.1, 0.15) is 5.82 Å². The van der Waals surface area contributed by atoms with Crippen LogP contribution in [0, 0.1) is 0 Å². The van der Waals surface area contributed by atoms with Crippen LogP contribution in [0.4, 0.5) is 5.82 Å². The van der Waals surface area contributed by atoms with Crippen LogP contribution in [0.25, 0.3) is 6.08 Å². The van der Waals surface area contributed by atoms with Gasteiger partial charge in [-0.25, -0.2) is 4.98 Å². The summed E-state index contributed by atoms with van der Waals surface area (Å²) >= 11 is 6.00. The summed E-state index contributed by atoms with van der Waals surface area (Å²) in [5.41, 5.74) is 6.34. The highest BCUT2D eigenvalue weighted by Gasteiger charge is 2.52. The quantitative estimate of drug-likeness (QED) is 0.814. The average molecular weight is 352 g/mol. The summed E-state index contributed by atoms with van der Waals surface area (Å²) in [6, 6.07) is 1.71. The second-order valence-electron chi connectivity index (χ2n) is 6.85. The molecule has 0 radical (unpaired) electrons. The standard InChI is InChI=1S/C16H23BClN3O3/c1-10(22)20-8-12(6-11-7-13(18)9-21-14(11)19)17-23-15(2,3)16(4,5)24-17/h6-7,9H,8H2,1-5H3,(H2,19,21)(H,20,22). The Morgan fingerprint density at radius 2 is 1.96 bits per heavy atom. The Bertz CT molecular complexity index is 661. The van der Waals surface area contributed by atoms with Crippen LogP contribution in [-0.4, -0.2) is 35.8 Å². The number of aromatic nitrogens is 1. The summed E-state index contributed by atoms with van der Waals surface area (Å²) < 4.78 is 12.1. The van der Waals surface area contributed by atoms with E-state index < -0.39 is 18.3 Å². The Kier molecular flexibility index (Phi) is 5.27. The monoisotopic (exact) mass is 351 g/mol. The molecule has 1 amide bonds. The topological polar surface area (TPSA) is 86.5 Å². The summed E-state index contributed by atoms with van der Waals surface area (Å²) in [6.45, 7) is 9.61. The molecule has 0 saturated carbocycles. The first kappa shape index (κ1) is 18.8. The number of hydrogen-bond acceptors (Lipinski definition) is 5. The number of pyridine rings is 1. The van der Waals surface area contributed by atoms with Gasteiger partial charge in [-0.15, -0.1) is 0 Å². The van der Waals surface area contributed by atoms with Crippen LogP contribution < -0.4 is 11.1 Å². The zero-order valence-corrected chi connectivity index (χ0v) is 15.4. The molecular formula is C16H23BClN3O3. The highest BCUT2D eigenvalue weighted by atomic mass is 35.5. The first-order chi connectivity index (χ1) is 11.0. The third-order valence-electron chi connectivity index (χ3n) is 4.35. The molecule has 8 heteroatoms. The number of rotatable bonds is 4. The lowest BCUT2D eigenvalue weighted by Crippen LogP contribution is -2.41. The molecule has 24 heavy (non-hydrogen) atoms. The third-order valence-corrected chi connectivity index (χ3v) is 4.56. The summed E-state index contributed by atoms with van der Waals surface area (Å²) in [7, 11) is -0.597. The van der Waals surface area contributed by atoms with Crippen molar-refractivity contribution in [3.8, 4) is 0 Å². The minimum absolute atomic E-state index is 0.144. The molecule has 1 aliphatic rings. The van der Waals surface area contributed by atoms with Gasteiger partial charge in [0.15, 0.2) is 0 Å². The second-order valence-corrected chi connectivity index (χ2v) is 7.28. The first-order valence-electron chi connectivity index (χ1n) is 7.73. The van der Waals surface area contributed by atoms with E-state index in [4.69, 9.17) is 26.6 Å². The number of amides is 1. The predicted molar refractivity (Wildman–Crippen MR) is 96.4 cm³/mol. The van der Waals surface area contributed by atoms with Gasteiger partial charge in [-0.05, 0) is 39.2 Å². The van der Waals surface area contributed by atoms with Crippen molar-refractivity contribution in [1.29, 1.82) is 0 Å². The molecule has 0 atom stereocenters. The van der Waals surface area contributed by atoms with Crippen molar-refractivity contribution in [3.05, 3.63) is 28.3 Å². The van der Waals surface area contributed by atoms with Gasteiger partial charge in [0.25, 0.3) is 0 Å². The van der Waals surface area contributed by atoms with Gasteiger partial charge in [0.2, 0.25) is 5.91 Å². The molecule has 1 aliphatic heterocycles. The SMILES string of the molecule is CC(=O)NCC(=Cc1cc(Cl)cnc1N)B1OC(C)(C)C(C)(C)O1. The van der Waals surface area contributed by atoms with E-state index in [1.54, 1.807) is 12.1 Å². The molecule has 1 saturated heterocycles. The fourth-order valence-electron chi connectivity index (χ4n) is 2.20. The van der Waals surface area contributed by atoms with E-state index in [0.29, 0.717) is 16.4 Å². The largest absolute Gasteiger partial charge is 0.492 e. The Morgan fingerprint density at radius 3 is 2.50 bits per heavy atom. The summed E-state index contributed by atoms with van der Waals surface area (Å²) in [5, 5.41) is 3.25. The van der Waals surface area contributed by atoms with E-state index in [1.165, 1.54) is 13.1 Å². The van der Waals surface area contributed by atoms with Crippen molar-refractivity contribution >= 4 is 36.5 Å². The minimum atomic E-state index is -0.597. The van der Waals surface area contributed by atoms with E-state index in [1.807, 2.05) is 27.7 Å². The molecule has 1 aromatic heterocycles. The van der Waals surface area contributed by atoms with Crippen molar-refractivity contribution in [2.45, 2.75) is 45.8 Å².